The van der Waals surface area contributed by atoms with Crippen molar-refractivity contribution < 1.29 is 4.39 Å². The van der Waals surface area contributed by atoms with E-state index in [1.165, 1.54) is 18.5 Å². The number of H-pyrrole nitrogens is 1. The van der Waals surface area contributed by atoms with Gasteiger partial charge in [-0.15, -0.1) is 0 Å². The number of rotatable bonds is 3. The molecule has 2 heterocycles. The first kappa shape index (κ1) is 12.5. The average molecular weight is 268 g/mol. The summed E-state index contributed by atoms with van der Waals surface area (Å²) in [5.74, 6) is 0.613. The number of halogens is 1. The first-order chi connectivity index (χ1) is 9.78. The van der Waals surface area contributed by atoms with Gasteiger partial charge < -0.3 is 4.98 Å². The Hall–Kier alpha value is -2.56. The van der Waals surface area contributed by atoms with Gasteiger partial charge in [0, 0.05) is 18.2 Å². The molecule has 2 aromatic heterocycles. The molecule has 1 aromatic carbocycles. The highest BCUT2D eigenvalue weighted by Gasteiger charge is 2.14. The summed E-state index contributed by atoms with van der Waals surface area (Å²) in [6.45, 7) is 2.02. The van der Waals surface area contributed by atoms with Gasteiger partial charge in [-0.1, -0.05) is 6.92 Å². The Bertz CT molecular complexity index is 704. The van der Waals surface area contributed by atoms with Crippen molar-refractivity contribution in [1.29, 1.82) is 0 Å². The summed E-state index contributed by atoms with van der Waals surface area (Å²) in [6.07, 6.45) is 3.97. The molecule has 4 nitrogen and oxygen atoms in total. The lowest BCUT2D eigenvalue weighted by Gasteiger charge is -2.02. The second kappa shape index (κ2) is 5.21. The third kappa shape index (κ3) is 2.30. The van der Waals surface area contributed by atoms with Gasteiger partial charge in [0.25, 0.3) is 0 Å². The zero-order chi connectivity index (χ0) is 13.9. The fraction of sp³-hybridized carbons (Fsp3) is 0.133. The van der Waals surface area contributed by atoms with E-state index in [1.54, 1.807) is 18.3 Å². The lowest BCUT2D eigenvalue weighted by Crippen LogP contribution is -1.88. The number of hydrogen-bond acceptors (Lipinski definition) is 3. The lowest BCUT2D eigenvalue weighted by atomic mass is 10.1. The smallest absolute Gasteiger partial charge is 0.123 e. The molecule has 5 heteroatoms. The molecule has 0 unspecified atom stereocenters. The van der Waals surface area contributed by atoms with E-state index < -0.39 is 0 Å². The van der Waals surface area contributed by atoms with E-state index in [4.69, 9.17) is 0 Å². The Morgan fingerprint density at radius 1 is 1.15 bits per heavy atom. The second-order valence-corrected chi connectivity index (χ2v) is 4.36. The highest BCUT2D eigenvalue weighted by molar-refractivity contribution is 5.76. The quantitative estimate of drug-likeness (QED) is 0.793. The number of nitrogens with one attached hydrogen (secondary N) is 1. The van der Waals surface area contributed by atoms with Gasteiger partial charge in [-0.2, -0.15) is 0 Å². The molecular formula is C15H13FN4. The Kier molecular flexibility index (Phi) is 3.25. The van der Waals surface area contributed by atoms with Crippen LogP contribution in [0.1, 0.15) is 12.7 Å². The topological polar surface area (TPSA) is 54.5 Å². The zero-order valence-corrected chi connectivity index (χ0v) is 11.0. The molecule has 0 aliphatic carbocycles. The predicted octanol–water partition coefficient (Wildman–Crippen LogP) is 3.24. The van der Waals surface area contributed by atoms with Crippen molar-refractivity contribution in [3.8, 4) is 22.6 Å². The molecule has 1 N–H and O–H groups in total. The molecule has 0 saturated carbocycles. The van der Waals surface area contributed by atoms with Crippen LogP contribution < -0.4 is 0 Å². The summed E-state index contributed by atoms with van der Waals surface area (Å²) in [7, 11) is 0. The molecule has 100 valence electrons. The van der Waals surface area contributed by atoms with Crippen molar-refractivity contribution in [1.82, 2.24) is 19.9 Å². The molecule has 0 aliphatic rings. The number of hydrogen-bond donors (Lipinski definition) is 1. The van der Waals surface area contributed by atoms with Crippen LogP contribution in [0, 0.1) is 5.82 Å². The fourth-order valence-electron chi connectivity index (χ4n) is 2.03. The maximum atomic E-state index is 13.0. The number of aromatic amines is 1. The normalized spacial score (nSPS) is 10.7. The Balaban J connectivity index is 2.15. The highest BCUT2D eigenvalue weighted by atomic mass is 19.1. The van der Waals surface area contributed by atoms with Gasteiger partial charge in [0.2, 0.25) is 0 Å². The lowest BCUT2D eigenvalue weighted by molar-refractivity contribution is 0.628. The third-order valence-electron chi connectivity index (χ3n) is 3.04. The van der Waals surface area contributed by atoms with Gasteiger partial charge in [0.1, 0.15) is 18.0 Å². The predicted molar refractivity (Wildman–Crippen MR) is 74.4 cm³/mol. The number of imidazole rings is 1. The molecular weight excluding hydrogens is 255 g/mol. The van der Waals surface area contributed by atoms with Crippen LogP contribution in [0.4, 0.5) is 4.39 Å². The Labute approximate surface area is 115 Å². The van der Waals surface area contributed by atoms with Gasteiger partial charge in [-0.3, -0.25) is 0 Å². The number of benzene rings is 1. The second-order valence-electron chi connectivity index (χ2n) is 4.36. The molecule has 20 heavy (non-hydrogen) atoms. The summed E-state index contributed by atoms with van der Waals surface area (Å²) in [6, 6.07) is 8.12. The van der Waals surface area contributed by atoms with E-state index in [2.05, 4.69) is 19.9 Å². The zero-order valence-electron chi connectivity index (χ0n) is 11.0. The van der Waals surface area contributed by atoms with Crippen molar-refractivity contribution in [2.45, 2.75) is 13.3 Å². The van der Waals surface area contributed by atoms with E-state index in [0.29, 0.717) is 0 Å². The van der Waals surface area contributed by atoms with Crippen LogP contribution in [0.15, 0.2) is 42.9 Å². The molecule has 0 fully saturated rings. The maximum Gasteiger partial charge on any atom is 0.123 e. The molecule has 0 saturated heterocycles. The van der Waals surface area contributed by atoms with Gasteiger partial charge in [-0.25, -0.2) is 19.3 Å². The average Bonchev–Trinajstić information content (AvgIpc) is 2.93. The van der Waals surface area contributed by atoms with Crippen LogP contribution in [0.5, 0.6) is 0 Å². The summed E-state index contributed by atoms with van der Waals surface area (Å²) in [5, 5.41) is 0. The summed E-state index contributed by atoms with van der Waals surface area (Å²) < 4.78 is 13.0. The summed E-state index contributed by atoms with van der Waals surface area (Å²) >= 11 is 0. The Morgan fingerprint density at radius 3 is 2.60 bits per heavy atom. The first-order valence-electron chi connectivity index (χ1n) is 6.39. The standard InChI is InChI=1S/C15H13FN4/c1-2-13-19-14(10-3-5-11(16)6-4-10)15(20-13)12-7-8-17-9-18-12/h3-9H,2H2,1H3,(H,19,20). The first-order valence-corrected chi connectivity index (χ1v) is 6.39. The van der Waals surface area contributed by atoms with Crippen LogP contribution in [-0.2, 0) is 6.42 Å². The van der Waals surface area contributed by atoms with Crippen LogP contribution in [0.25, 0.3) is 22.6 Å². The van der Waals surface area contributed by atoms with Gasteiger partial charge in [-0.05, 0) is 30.3 Å². The number of nitrogens with zero attached hydrogens (tertiary/aromatic N) is 3. The Morgan fingerprint density at radius 2 is 1.95 bits per heavy atom. The summed E-state index contributed by atoms with van der Waals surface area (Å²) in [4.78, 5) is 16.0. The highest BCUT2D eigenvalue weighted by Crippen LogP contribution is 2.28. The van der Waals surface area contributed by atoms with E-state index in [-0.39, 0.29) is 5.82 Å². The van der Waals surface area contributed by atoms with E-state index in [1.807, 2.05) is 13.0 Å². The van der Waals surface area contributed by atoms with Crippen molar-refractivity contribution in [3.63, 3.8) is 0 Å². The van der Waals surface area contributed by atoms with E-state index in [0.717, 1.165) is 34.9 Å². The minimum atomic E-state index is -0.261. The van der Waals surface area contributed by atoms with Crippen LogP contribution >= 0.6 is 0 Å². The maximum absolute atomic E-state index is 13.0. The third-order valence-corrected chi connectivity index (χ3v) is 3.04. The minimum Gasteiger partial charge on any atom is -0.340 e. The van der Waals surface area contributed by atoms with Crippen molar-refractivity contribution in [3.05, 3.63) is 54.5 Å². The van der Waals surface area contributed by atoms with E-state index in [9.17, 15) is 4.39 Å². The van der Waals surface area contributed by atoms with Gasteiger partial charge in [0.15, 0.2) is 0 Å². The van der Waals surface area contributed by atoms with Crippen LogP contribution in [0.3, 0.4) is 0 Å². The van der Waals surface area contributed by atoms with Crippen molar-refractivity contribution in [2.75, 3.05) is 0 Å². The molecule has 0 radical (unpaired) electrons. The van der Waals surface area contributed by atoms with Crippen LogP contribution in [-0.4, -0.2) is 19.9 Å². The van der Waals surface area contributed by atoms with Crippen molar-refractivity contribution >= 4 is 0 Å². The minimum absolute atomic E-state index is 0.261. The van der Waals surface area contributed by atoms with Gasteiger partial charge in [0.05, 0.1) is 17.1 Å². The molecule has 0 atom stereocenters. The molecule has 0 spiro atoms. The van der Waals surface area contributed by atoms with E-state index >= 15 is 0 Å². The molecule has 0 amide bonds. The largest absolute Gasteiger partial charge is 0.340 e. The molecule has 0 bridgehead atoms. The number of aryl methyl sites for hydroxylation is 1. The summed E-state index contributed by atoms with van der Waals surface area (Å²) in [5.41, 5.74) is 3.24. The SMILES string of the molecule is CCc1nc(-c2ccc(F)cc2)c(-c2ccncn2)[nH]1. The molecule has 0 aliphatic heterocycles. The van der Waals surface area contributed by atoms with Crippen molar-refractivity contribution in [2.24, 2.45) is 0 Å². The molecule has 3 rings (SSSR count). The monoisotopic (exact) mass is 268 g/mol. The fourth-order valence-corrected chi connectivity index (χ4v) is 2.03. The number of aromatic nitrogens is 4. The molecule has 3 aromatic rings. The van der Waals surface area contributed by atoms with Gasteiger partial charge >= 0.3 is 0 Å². The van der Waals surface area contributed by atoms with Crippen LogP contribution in [0.2, 0.25) is 0 Å².